The summed E-state index contributed by atoms with van der Waals surface area (Å²) in [7, 11) is 0. The average Bonchev–Trinajstić information content (AvgIpc) is 3.33. The normalized spacial score (nSPS) is 16.9. The number of alkyl halides is 1. The molecule has 0 aliphatic carbocycles. The molecule has 4 N–H and O–H groups in total. The number of guanidine groups is 1. The Kier molecular flexibility index (Phi) is 12.4. The predicted molar refractivity (Wildman–Crippen MR) is 145 cm³/mol. The van der Waals surface area contributed by atoms with Crippen LogP contribution in [0.25, 0.3) is 0 Å². The highest BCUT2D eigenvalue weighted by atomic mass is 79.9. The van der Waals surface area contributed by atoms with Gasteiger partial charge in [0, 0.05) is 48.7 Å². The molecular formula is C27H38BrFN4O4. The fraction of sp³-hybridized carbons (Fsp3) is 0.593. The van der Waals surface area contributed by atoms with Crippen molar-refractivity contribution in [3.8, 4) is 0 Å². The van der Waals surface area contributed by atoms with Crippen LogP contribution in [0.5, 0.6) is 0 Å². The second-order valence-electron chi connectivity index (χ2n) is 10.0. The Morgan fingerprint density at radius 3 is 2.54 bits per heavy atom. The molecule has 0 spiro atoms. The lowest BCUT2D eigenvalue weighted by Gasteiger charge is -2.30. The summed E-state index contributed by atoms with van der Waals surface area (Å²) in [5, 5.41) is 0. The van der Waals surface area contributed by atoms with E-state index in [1.54, 1.807) is 4.90 Å². The monoisotopic (exact) mass is 580 g/mol. The maximum Gasteiger partial charge on any atom is 0.226 e. The number of benzene rings is 1. The van der Waals surface area contributed by atoms with Gasteiger partial charge in [0.05, 0.1) is 6.04 Å². The Bertz CT molecular complexity index is 996. The van der Waals surface area contributed by atoms with E-state index in [4.69, 9.17) is 11.5 Å². The topological polar surface area (TPSA) is 136 Å². The van der Waals surface area contributed by atoms with E-state index >= 15 is 0 Å². The summed E-state index contributed by atoms with van der Waals surface area (Å²) in [5.41, 5.74) is 11.5. The number of aliphatic imine (C=N–C) groups is 1. The number of carbonyl (C=O) groups is 4. The molecule has 0 aromatic heterocycles. The zero-order valence-electron chi connectivity index (χ0n) is 21.6. The van der Waals surface area contributed by atoms with E-state index in [0.717, 1.165) is 10.0 Å². The molecule has 1 saturated heterocycles. The van der Waals surface area contributed by atoms with Crippen LogP contribution >= 0.6 is 15.9 Å². The fourth-order valence-electron chi connectivity index (χ4n) is 4.79. The first-order valence-electron chi connectivity index (χ1n) is 12.8. The first kappa shape index (κ1) is 30.6. The van der Waals surface area contributed by atoms with Gasteiger partial charge in [0.25, 0.3) is 0 Å². The summed E-state index contributed by atoms with van der Waals surface area (Å²) in [6, 6.07) is 6.83. The van der Waals surface area contributed by atoms with E-state index in [1.165, 1.54) is 0 Å². The molecule has 8 nitrogen and oxygen atoms in total. The smallest absolute Gasteiger partial charge is 0.226 e. The minimum Gasteiger partial charge on any atom is -0.370 e. The molecule has 0 bridgehead atoms. The molecule has 1 amide bonds. The number of nitrogens with two attached hydrogens (primary N) is 2. The summed E-state index contributed by atoms with van der Waals surface area (Å²) in [6.07, 6.45) is 2.05. The maximum absolute atomic E-state index is 13.5. The average molecular weight is 582 g/mol. The van der Waals surface area contributed by atoms with Gasteiger partial charge in [0.1, 0.15) is 12.5 Å². The van der Waals surface area contributed by atoms with Crippen molar-refractivity contribution in [1.82, 2.24) is 4.90 Å². The molecule has 1 aromatic rings. The van der Waals surface area contributed by atoms with E-state index in [-0.39, 0.29) is 61.6 Å². The van der Waals surface area contributed by atoms with Crippen molar-refractivity contribution in [2.45, 2.75) is 64.8 Å². The highest BCUT2D eigenvalue weighted by Crippen LogP contribution is 2.28. The first-order chi connectivity index (χ1) is 17.5. The molecule has 1 heterocycles. The standard InChI is InChI=1S/C27H38BrFN4O4/c1-17(2)22(15-21(34)13-18-6-3-8-20(28)12-18)26(37)33-11-5-9-23(33)24(35)14-19(25(36)16-29)7-4-10-32-27(30)31/h3,6,8,12,17,19,22-23H,4-5,7,9-11,13-16H2,1-2H3,(H4,30,31,32)/t19-,22+,23+/m1/s1. The lowest BCUT2D eigenvalue weighted by Crippen LogP contribution is -2.46. The van der Waals surface area contributed by atoms with Gasteiger partial charge in [-0.1, -0.05) is 41.9 Å². The lowest BCUT2D eigenvalue weighted by molar-refractivity contribution is -0.144. The number of amides is 1. The van der Waals surface area contributed by atoms with E-state index in [9.17, 15) is 23.6 Å². The lowest BCUT2D eigenvalue weighted by atomic mass is 9.87. The van der Waals surface area contributed by atoms with E-state index in [2.05, 4.69) is 20.9 Å². The Morgan fingerprint density at radius 2 is 1.92 bits per heavy atom. The van der Waals surface area contributed by atoms with Crippen molar-refractivity contribution in [2.75, 3.05) is 19.8 Å². The summed E-state index contributed by atoms with van der Waals surface area (Å²) in [5.74, 6) is -2.62. The Morgan fingerprint density at radius 1 is 1.19 bits per heavy atom. The molecule has 1 fully saturated rings. The molecule has 2 rings (SSSR count). The number of Topliss-reactive ketones (excluding diaryl/α,β-unsaturated/α-hetero) is 3. The van der Waals surface area contributed by atoms with Crippen molar-refractivity contribution in [2.24, 2.45) is 34.2 Å². The fourth-order valence-corrected chi connectivity index (χ4v) is 5.24. The third-order valence-corrected chi connectivity index (χ3v) is 7.30. The summed E-state index contributed by atoms with van der Waals surface area (Å²) in [4.78, 5) is 57.2. The molecule has 3 atom stereocenters. The Balaban J connectivity index is 2.06. The van der Waals surface area contributed by atoms with Gasteiger partial charge in [-0.25, -0.2) is 4.39 Å². The largest absolute Gasteiger partial charge is 0.370 e. The zero-order valence-corrected chi connectivity index (χ0v) is 23.2. The van der Waals surface area contributed by atoms with E-state index < -0.39 is 30.3 Å². The second kappa shape index (κ2) is 15.0. The van der Waals surface area contributed by atoms with Gasteiger partial charge in [-0.05, 0) is 49.3 Å². The third kappa shape index (κ3) is 9.64. The molecule has 10 heteroatoms. The van der Waals surface area contributed by atoms with Crippen LogP contribution in [0, 0.1) is 17.8 Å². The maximum atomic E-state index is 13.5. The molecule has 0 radical (unpaired) electrons. The predicted octanol–water partition coefficient (Wildman–Crippen LogP) is 3.38. The molecule has 1 aromatic carbocycles. The van der Waals surface area contributed by atoms with Gasteiger partial charge >= 0.3 is 0 Å². The van der Waals surface area contributed by atoms with Crippen molar-refractivity contribution in [3.05, 3.63) is 34.3 Å². The third-order valence-electron chi connectivity index (χ3n) is 6.81. The van der Waals surface area contributed by atoms with Gasteiger partial charge in [-0.3, -0.25) is 24.2 Å². The van der Waals surface area contributed by atoms with Gasteiger partial charge in [0.2, 0.25) is 5.91 Å². The van der Waals surface area contributed by atoms with Gasteiger partial charge < -0.3 is 16.4 Å². The molecule has 1 aliphatic heterocycles. The van der Waals surface area contributed by atoms with Crippen LogP contribution in [0.4, 0.5) is 4.39 Å². The first-order valence-corrected chi connectivity index (χ1v) is 13.6. The Labute approximate surface area is 226 Å². The van der Waals surface area contributed by atoms with Crippen molar-refractivity contribution < 1.29 is 23.6 Å². The summed E-state index contributed by atoms with van der Waals surface area (Å²) in [6.45, 7) is 3.35. The Hall–Kier alpha value is -2.62. The van der Waals surface area contributed by atoms with Crippen molar-refractivity contribution in [3.63, 3.8) is 0 Å². The highest BCUT2D eigenvalue weighted by Gasteiger charge is 2.39. The van der Waals surface area contributed by atoms with E-state index in [0.29, 0.717) is 25.8 Å². The SMILES string of the molecule is CC(C)[C@H](CC(=O)Cc1cccc(Br)c1)C(=O)N1CCC[C@H]1C(=O)C[C@@H](CCCN=C(N)N)C(=O)CF. The van der Waals surface area contributed by atoms with Crippen LogP contribution in [-0.2, 0) is 25.6 Å². The number of halogens is 2. The number of carbonyl (C=O) groups excluding carboxylic acids is 4. The van der Waals surface area contributed by atoms with Crippen LogP contribution < -0.4 is 11.5 Å². The van der Waals surface area contributed by atoms with Gasteiger partial charge in [-0.2, -0.15) is 0 Å². The minimum atomic E-state index is -1.15. The van der Waals surface area contributed by atoms with Crippen LogP contribution in [0.15, 0.2) is 33.7 Å². The number of ketones is 3. The van der Waals surface area contributed by atoms with E-state index in [1.807, 2.05) is 38.1 Å². The second-order valence-corrected chi connectivity index (χ2v) is 10.9. The van der Waals surface area contributed by atoms with Crippen molar-refractivity contribution >= 4 is 45.1 Å². The van der Waals surface area contributed by atoms with Crippen LogP contribution in [0.3, 0.4) is 0 Å². The molecule has 204 valence electrons. The number of hydrogen-bond acceptors (Lipinski definition) is 5. The molecule has 37 heavy (non-hydrogen) atoms. The van der Waals surface area contributed by atoms with Gasteiger partial charge in [-0.15, -0.1) is 0 Å². The number of rotatable bonds is 15. The zero-order chi connectivity index (χ0) is 27.5. The van der Waals surface area contributed by atoms with Crippen molar-refractivity contribution in [1.29, 1.82) is 0 Å². The highest BCUT2D eigenvalue weighted by molar-refractivity contribution is 9.10. The molecule has 1 aliphatic rings. The number of likely N-dealkylation sites (tertiary alicyclic amines) is 1. The molecular weight excluding hydrogens is 543 g/mol. The number of nitrogens with zero attached hydrogens (tertiary/aromatic N) is 2. The molecule has 0 unspecified atom stereocenters. The van der Waals surface area contributed by atoms with Crippen LogP contribution in [0.2, 0.25) is 0 Å². The van der Waals surface area contributed by atoms with Crippen LogP contribution in [0.1, 0.15) is 57.9 Å². The molecule has 0 saturated carbocycles. The van der Waals surface area contributed by atoms with Crippen LogP contribution in [-0.4, -0.2) is 59.9 Å². The van der Waals surface area contributed by atoms with Gasteiger partial charge in [0.15, 0.2) is 17.5 Å². The minimum absolute atomic E-state index is 0.0402. The summed E-state index contributed by atoms with van der Waals surface area (Å²) >= 11 is 3.41. The quantitative estimate of drug-likeness (QED) is 0.185. The number of hydrogen-bond donors (Lipinski definition) is 2. The summed E-state index contributed by atoms with van der Waals surface area (Å²) < 4.78 is 14.1.